The minimum Gasteiger partial charge on any atom is -0.480 e. The van der Waals surface area contributed by atoms with Crippen molar-refractivity contribution in [1.82, 2.24) is 4.98 Å². The molecular weight excluding hydrogens is 188 g/mol. The number of ether oxygens (including phenoxy) is 1. The van der Waals surface area contributed by atoms with Crippen LogP contribution >= 0.6 is 0 Å². The smallest absolute Gasteiger partial charge is 0.237 e. The zero-order chi connectivity index (χ0) is 11.1. The van der Waals surface area contributed by atoms with Gasteiger partial charge in [0.15, 0.2) is 0 Å². The third-order valence-electron chi connectivity index (χ3n) is 2.39. The van der Waals surface area contributed by atoms with Gasteiger partial charge in [0, 0.05) is 12.7 Å². The summed E-state index contributed by atoms with van der Waals surface area (Å²) >= 11 is 0. The van der Waals surface area contributed by atoms with Gasteiger partial charge in [0.25, 0.3) is 0 Å². The highest BCUT2D eigenvalue weighted by Gasteiger charge is 2.04. The number of aromatic nitrogens is 1. The molecule has 0 aliphatic heterocycles. The van der Waals surface area contributed by atoms with Crippen LogP contribution in [0.4, 0.5) is 5.69 Å². The number of methoxy groups -OCH3 is 1. The van der Waals surface area contributed by atoms with Gasteiger partial charge < -0.3 is 10.1 Å². The van der Waals surface area contributed by atoms with Gasteiger partial charge in [-0.15, -0.1) is 0 Å². The van der Waals surface area contributed by atoms with Gasteiger partial charge in [-0.1, -0.05) is 20.3 Å². The van der Waals surface area contributed by atoms with Crippen LogP contribution in [0.1, 0.15) is 26.7 Å². The molecule has 1 rings (SSSR count). The Kier molecular flexibility index (Phi) is 4.95. The second kappa shape index (κ2) is 6.27. The van der Waals surface area contributed by atoms with Gasteiger partial charge in [-0.25, -0.2) is 4.98 Å². The van der Waals surface area contributed by atoms with Gasteiger partial charge >= 0.3 is 0 Å². The lowest BCUT2D eigenvalue weighted by Crippen LogP contribution is -2.11. The molecule has 0 spiro atoms. The molecule has 3 heteroatoms. The third kappa shape index (κ3) is 3.78. The summed E-state index contributed by atoms with van der Waals surface area (Å²) < 4.78 is 5.16. The fourth-order valence-electron chi connectivity index (χ4n) is 1.57. The minimum absolute atomic E-state index is 0.668. The first-order chi connectivity index (χ1) is 7.27. The summed E-state index contributed by atoms with van der Waals surface area (Å²) in [7, 11) is 1.64. The standard InChI is InChI=1S/C12H20N2O/c1-4-6-10(2)9-14-11-7-5-8-13-12(11)15-3/h5,7-8,10,14H,4,6,9H2,1-3H3/t10-/m0/s1. The van der Waals surface area contributed by atoms with E-state index in [9.17, 15) is 0 Å². The summed E-state index contributed by atoms with van der Waals surface area (Å²) in [6.45, 7) is 5.43. The lowest BCUT2D eigenvalue weighted by molar-refractivity contribution is 0.399. The van der Waals surface area contributed by atoms with Crippen molar-refractivity contribution in [1.29, 1.82) is 0 Å². The number of nitrogens with zero attached hydrogens (tertiary/aromatic N) is 1. The molecule has 0 aromatic carbocycles. The van der Waals surface area contributed by atoms with Gasteiger partial charge in [-0.05, 0) is 24.5 Å². The predicted octanol–water partition coefficient (Wildman–Crippen LogP) is 2.94. The summed E-state index contributed by atoms with van der Waals surface area (Å²) in [5.74, 6) is 1.35. The number of hydrogen-bond donors (Lipinski definition) is 1. The van der Waals surface area contributed by atoms with E-state index in [0.717, 1.165) is 12.2 Å². The Balaban J connectivity index is 2.49. The molecule has 0 aliphatic carbocycles. The number of rotatable bonds is 6. The minimum atomic E-state index is 0.668. The third-order valence-corrected chi connectivity index (χ3v) is 2.39. The van der Waals surface area contributed by atoms with Crippen LogP contribution in [0.5, 0.6) is 5.88 Å². The van der Waals surface area contributed by atoms with Crippen molar-refractivity contribution in [2.24, 2.45) is 5.92 Å². The molecule has 0 unspecified atom stereocenters. The Hall–Kier alpha value is -1.25. The van der Waals surface area contributed by atoms with Gasteiger partial charge in [0.05, 0.1) is 12.8 Å². The van der Waals surface area contributed by atoms with Crippen LogP contribution in [-0.4, -0.2) is 18.6 Å². The molecule has 0 bridgehead atoms. The molecule has 1 heterocycles. The number of pyridine rings is 1. The molecule has 0 fully saturated rings. The quantitative estimate of drug-likeness (QED) is 0.780. The van der Waals surface area contributed by atoms with Gasteiger partial charge in [-0.2, -0.15) is 0 Å². The first-order valence-corrected chi connectivity index (χ1v) is 5.50. The highest BCUT2D eigenvalue weighted by atomic mass is 16.5. The Morgan fingerprint density at radius 3 is 3.00 bits per heavy atom. The van der Waals surface area contributed by atoms with Crippen LogP contribution in [-0.2, 0) is 0 Å². The Bertz CT molecular complexity index is 289. The van der Waals surface area contributed by atoms with E-state index in [2.05, 4.69) is 24.1 Å². The van der Waals surface area contributed by atoms with Gasteiger partial charge in [0.1, 0.15) is 0 Å². The average Bonchev–Trinajstić information content (AvgIpc) is 2.27. The zero-order valence-electron chi connectivity index (χ0n) is 9.79. The summed E-state index contributed by atoms with van der Waals surface area (Å²) in [4.78, 5) is 4.14. The van der Waals surface area contributed by atoms with Crippen molar-refractivity contribution in [2.75, 3.05) is 19.0 Å². The van der Waals surface area contributed by atoms with Crippen molar-refractivity contribution in [3.05, 3.63) is 18.3 Å². The molecule has 1 aromatic heterocycles. The predicted molar refractivity (Wildman–Crippen MR) is 63.4 cm³/mol. The molecule has 1 aromatic rings. The highest BCUT2D eigenvalue weighted by molar-refractivity contribution is 5.51. The molecule has 0 radical (unpaired) electrons. The fourth-order valence-corrected chi connectivity index (χ4v) is 1.57. The molecular formula is C12H20N2O. The van der Waals surface area contributed by atoms with Gasteiger partial charge in [0.2, 0.25) is 5.88 Å². The molecule has 0 aliphatic rings. The largest absolute Gasteiger partial charge is 0.480 e. The SMILES string of the molecule is CCC[C@H](C)CNc1cccnc1OC. The van der Waals surface area contributed by atoms with E-state index in [0.29, 0.717) is 11.8 Å². The van der Waals surface area contributed by atoms with Crippen LogP contribution in [0.25, 0.3) is 0 Å². The van der Waals surface area contributed by atoms with E-state index >= 15 is 0 Å². The molecule has 15 heavy (non-hydrogen) atoms. The maximum absolute atomic E-state index is 5.16. The maximum Gasteiger partial charge on any atom is 0.237 e. The second-order valence-electron chi connectivity index (χ2n) is 3.83. The maximum atomic E-state index is 5.16. The Morgan fingerprint density at radius 1 is 1.53 bits per heavy atom. The van der Waals surface area contributed by atoms with E-state index in [1.807, 2.05) is 12.1 Å². The number of anilines is 1. The molecule has 1 atom stereocenters. The van der Waals surface area contributed by atoms with Gasteiger partial charge in [-0.3, -0.25) is 0 Å². The van der Waals surface area contributed by atoms with Crippen LogP contribution in [0.2, 0.25) is 0 Å². The average molecular weight is 208 g/mol. The molecule has 3 nitrogen and oxygen atoms in total. The van der Waals surface area contributed by atoms with Crippen LogP contribution in [0, 0.1) is 5.92 Å². The summed E-state index contributed by atoms with van der Waals surface area (Å²) in [6, 6.07) is 3.90. The first-order valence-electron chi connectivity index (χ1n) is 5.50. The summed E-state index contributed by atoms with van der Waals surface area (Å²) in [6.07, 6.45) is 4.21. The van der Waals surface area contributed by atoms with E-state index in [1.54, 1.807) is 13.3 Å². The Labute approximate surface area is 91.9 Å². The van der Waals surface area contributed by atoms with Crippen molar-refractivity contribution >= 4 is 5.69 Å². The zero-order valence-corrected chi connectivity index (χ0v) is 9.79. The van der Waals surface area contributed by atoms with Crippen molar-refractivity contribution < 1.29 is 4.74 Å². The topological polar surface area (TPSA) is 34.2 Å². The van der Waals surface area contributed by atoms with Crippen LogP contribution < -0.4 is 10.1 Å². The van der Waals surface area contributed by atoms with Crippen LogP contribution in [0.3, 0.4) is 0 Å². The normalized spacial score (nSPS) is 12.2. The molecule has 84 valence electrons. The summed E-state index contributed by atoms with van der Waals surface area (Å²) in [5.41, 5.74) is 0.975. The molecule has 0 saturated heterocycles. The van der Waals surface area contributed by atoms with E-state index in [4.69, 9.17) is 4.74 Å². The van der Waals surface area contributed by atoms with Crippen molar-refractivity contribution in [3.63, 3.8) is 0 Å². The monoisotopic (exact) mass is 208 g/mol. The highest BCUT2D eigenvalue weighted by Crippen LogP contribution is 2.20. The Morgan fingerprint density at radius 2 is 2.33 bits per heavy atom. The number of nitrogens with one attached hydrogen (secondary N) is 1. The van der Waals surface area contributed by atoms with Crippen LogP contribution in [0.15, 0.2) is 18.3 Å². The van der Waals surface area contributed by atoms with E-state index < -0.39 is 0 Å². The number of hydrogen-bond acceptors (Lipinski definition) is 3. The molecule has 0 amide bonds. The first kappa shape index (κ1) is 11.8. The second-order valence-corrected chi connectivity index (χ2v) is 3.83. The fraction of sp³-hybridized carbons (Fsp3) is 0.583. The van der Waals surface area contributed by atoms with Crippen molar-refractivity contribution in [3.8, 4) is 5.88 Å². The lowest BCUT2D eigenvalue weighted by Gasteiger charge is -2.13. The molecule has 1 N–H and O–H groups in total. The molecule has 0 saturated carbocycles. The van der Waals surface area contributed by atoms with E-state index in [-0.39, 0.29) is 0 Å². The van der Waals surface area contributed by atoms with Crippen molar-refractivity contribution in [2.45, 2.75) is 26.7 Å². The van der Waals surface area contributed by atoms with E-state index in [1.165, 1.54) is 12.8 Å². The lowest BCUT2D eigenvalue weighted by atomic mass is 10.1. The summed E-state index contributed by atoms with van der Waals surface area (Å²) in [5, 5.41) is 3.36.